The number of hydrogen-bond donors (Lipinski definition) is 3. The quantitative estimate of drug-likeness (QED) is 0.285. The number of ether oxygens (including phenoxy) is 1. The Morgan fingerprint density at radius 1 is 0.938 bits per heavy atom. The van der Waals surface area contributed by atoms with Crippen LogP contribution in [0.1, 0.15) is 44.4 Å². The third-order valence-corrected chi connectivity index (χ3v) is 4.36. The molecule has 1 atom stereocenters. The third kappa shape index (κ3) is 9.42. The van der Waals surface area contributed by atoms with E-state index >= 15 is 0 Å². The van der Waals surface area contributed by atoms with Gasteiger partial charge in [-0.25, -0.2) is 5.43 Å². The van der Waals surface area contributed by atoms with Crippen molar-refractivity contribution in [3.63, 3.8) is 0 Å². The minimum atomic E-state index is -0.488. The maximum absolute atomic E-state index is 12.1. The van der Waals surface area contributed by atoms with Gasteiger partial charge in [0, 0.05) is 6.54 Å². The molecule has 8 nitrogen and oxygen atoms in total. The summed E-state index contributed by atoms with van der Waals surface area (Å²) in [5, 5.41) is 9.41. The number of rotatable bonds is 11. The van der Waals surface area contributed by atoms with Gasteiger partial charge in [0.2, 0.25) is 11.8 Å². The number of amides is 3. The molecule has 0 aliphatic rings. The molecular formula is C24H30N4O4. The Morgan fingerprint density at radius 3 is 2.28 bits per heavy atom. The highest BCUT2D eigenvalue weighted by Gasteiger charge is 2.10. The second-order valence-electron chi connectivity index (χ2n) is 7.73. The van der Waals surface area contributed by atoms with Crippen molar-refractivity contribution in [1.82, 2.24) is 16.1 Å². The van der Waals surface area contributed by atoms with Crippen molar-refractivity contribution in [3.8, 4) is 5.75 Å². The first-order valence-electron chi connectivity index (χ1n) is 10.5. The van der Waals surface area contributed by atoms with Crippen molar-refractivity contribution in [2.24, 2.45) is 11.0 Å². The largest absolute Gasteiger partial charge is 0.484 e. The first-order valence-corrected chi connectivity index (χ1v) is 10.5. The van der Waals surface area contributed by atoms with Crippen molar-refractivity contribution in [3.05, 3.63) is 65.7 Å². The van der Waals surface area contributed by atoms with Crippen molar-refractivity contribution < 1.29 is 19.1 Å². The maximum Gasteiger partial charge on any atom is 0.258 e. The fraction of sp³-hybridized carbons (Fsp3) is 0.333. The van der Waals surface area contributed by atoms with E-state index in [4.69, 9.17) is 4.74 Å². The minimum Gasteiger partial charge on any atom is -0.484 e. The predicted octanol–water partition coefficient (Wildman–Crippen LogP) is 2.56. The van der Waals surface area contributed by atoms with Crippen LogP contribution in [-0.4, -0.2) is 37.1 Å². The minimum absolute atomic E-state index is 0.0977. The highest BCUT2D eigenvalue weighted by atomic mass is 16.5. The molecule has 0 saturated heterocycles. The summed E-state index contributed by atoms with van der Waals surface area (Å²) in [6.07, 6.45) is 1.18. The lowest BCUT2D eigenvalue weighted by Crippen LogP contribution is -2.32. The van der Waals surface area contributed by atoms with Gasteiger partial charge in [-0.1, -0.05) is 44.2 Å². The SMILES string of the molecule is CC(C)CNC(=O)CC(=O)N/N=C/c1ccc(OCC(=O)N[C@@H](C)c2ccccc2)cc1. The number of nitrogens with zero attached hydrogens (tertiary/aromatic N) is 1. The Labute approximate surface area is 188 Å². The molecule has 32 heavy (non-hydrogen) atoms. The molecule has 0 fully saturated rings. The van der Waals surface area contributed by atoms with Gasteiger partial charge in [-0.15, -0.1) is 0 Å². The summed E-state index contributed by atoms with van der Waals surface area (Å²) in [5.41, 5.74) is 4.07. The van der Waals surface area contributed by atoms with E-state index in [1.807, 2.05) is 51.1 Å². The normalized spacial score (nSPS) is 11.8. The fourth-order valence-electron chi connectivity index (χ4n) is 2.65. The summed E-state index contributed by atoms with van der Waals surface area (Å²) < 4.78 is 5.51. The van der Waals surface area contributed by atoms with E-state index in [1.165, 1.54) is 6.21 Å². The Morgan fingerprint density at radius 2 is 1.62 bits per heavy atom. The fourth-order valence-corrected chi connectivity index (χ4v) is 2.65. The zero-order valence-corrected chi connectivity index (χ0v) is 18.6. The van der Waals surface area contributed by atoms with Crippen LogP contribution in [0.3, 0.4) is 0 Å². The number of nitrogens with one attached hydrogen (secondary N) is 3. The van der Waals surface area contributed by atoms with Gasteiger partial charge < -0.3 is 15.4 Å². The van der Waals surface area contributed by atoms with Crippen LogP contribution in [0.25, 0.3) is 0 Å². The molecule has 0 aliphatic heterocycles. The van der Waals surface area contributed by atoms with Gasteiger partial charge in [0.25, 0.3) is 5.91 Å². The van der Waals surface area contributed by atoms with Crippen molar-refractivity contribution >= 4 is 23.9 Å². The summed E-state index contributed by atoms with van der Waals surface area (Å²) in [7, 11) is 0. The first kappa shape index (κ1) is 24.6. The van der Waals surface area contributed by atoms with Gasteiger partial charge in [0.1, 0.15) is 12.2 Å². The van der Waals surface area contributed by atoms with Crippen LogP contribution in [0.5, 0.6) is 5.75 Å². The molecule has 2 aromatic carbocycles. The van der Waals surface area contributed by atoms with Crippen molar-refractivity contribution in [1.29, 1.82) is 0 Å². The van der Waals surface area contributed by atoms with Gasteiger partial charge in [-0.2, -0.15) is 5.10 Å². The lowest BCUT2D eigenvalue weighted by atomic mass is 10.1. The van der Waals surface area contributed by atoms with Crippen LogP contribution in [0.2, 0.25) is 0 Å². The molecule has 0 bridgehead atoms. The highest BCUT2D eigenvalue weighted by Crippen LogP contribution is 2.13. The predicted molar refractivity (Wildman–Crippen MR) is 123 cm³/mol. The van der Waals surface area contributed by atoms with Crippen LogP contribution in [0, 0.1) is 5.92 Å². The van der Waals surface area contributed by atoms with Gasteiger partial charge >= 0.3 is 0 Å². The Bertz CT molecular complexity index is 911. The van der Waals surface area contributed by atoms with Crippen LogP contribution >= 0.6 is 0 Å². The molecule has 0 radical (unpaired) electrons. The summed E-state index contributed by atoms with van der Waals surface area (Å²) in [5.74, 6) is -0.185. The Kier molecular flexibility index (Phi) is 9.90. The Hall–Kier alpha value is -3.68. The molecular weight excluding hydrogens is 408 g/mol. The van der Waals surface area contributed by atoms with Gasteiger partial charge in [-0.05, 0) is 48.2 Å². The number of carbonyl (C=O) groups is 3. The second-order valence-corrected chi connectivity index (χ2v) is 7.73. The van der Waals surface area contributed by atoms with E-state index in [2.05, 4.69) is 21.2 Å². The molecule has 0 heterocycles. The zero-order valence-electron chi connectivity index (χ0n) is 18.6. The molecule has 2 aromatic rings. The maximum atomic E-state index is 12.1. The zero-order chi connectivity index (χ0) is 23.3. The van der Waals surface area contributed by atoms with Gasteiger partial charge in [-0.3, -0.25) is 14.4 Å². The molecule has 8 heteroatoms. The van der Waals surface area contributed by atoms with Crippen LogP contribution < -0.4 is 20.8 Å². The van der Waals surface area contributed by atoms with E-state index in [0.29, 0.717) is 18.2 Å². The second kappa shape index (κ2) is 12.9. The summed E-state index contributed by atoms with van der Waals surface area (Å²) in [4.78, 5) is 35.4. The lowest BCUT2D eigenvalue weighted by Gasteiger charge is -2.14. The molecule has 3 amide bonds. The van der Waals surface area contributed by atoms with E-state index in [-0.39, 0.29) is 30.9 Å². The topological polar surface area (TPSA) is 109 Å². The average Bonchev–Trinajstić information content (AvgIpc) is 2.77. The highest BCUT2D eigenvalue weighted by molar-refractivity contribution is 5.97. The standard InChI is InChI=1S/C24H30N4O4/c1-17(2)14-25-22(29)13-23(30)28-26-15-19-9-11-21(12-10-19)32-16-24(31)27-18(3)20-7-5-4-6-8-20/h4-12,15,17-18H,13-14,16H2,1-3H3,(H,25,29)(H,27,31)(H,28,30)/b26-15+/t18-/m0/s1. The number of carbonyl (C=O) groups excluding carboxylic acids is 3. The molecule has 2 rings (SSSR count). The summed E-state index contributed by atoms with van der Waals surface area (Å²) >= 11 is 0. The molecule has 3 N–H and O–H groups in total. The van der Waals surface area contributed by atoms with Crippen LogP contribution in [0.15, 0.2) is 59.7 Å². The molecule has 0 aliphatic carbocycles. The average molecular weight is 439 g/mol. The van der Waals surface area contributed by atoms with E-state index in [9.17, 15) is 14.4 Å². The summed E-state index contributed by atoms with van der Waals surface area (Å²) in [6.45, 7) is 6.29. The van der Waals surface area contributed by atoms with Crippen molar-refractivity contribution in [2.75, 3.05) is 13.2 Å². The van der Waals surface area contributed by atoms with E-state index in [1.54, 1.807) is 24.3 Å². The molecule has 0 unspecified atom stereocenters. The monoisotopic (exact) mass is 438 g/mol. The number of benzene rings is 2. The number of hydrogen-bond acceptors (Lipinski definition) is 5. The van der Waals surface area contributed by atoms with Crippen molar-refractivity contribution in [2.45, 2.75) is 33.2 Å². The first-order chi connectivity index (χ1) is 15.3. The summed E-state index contributed by atoms with van der Waals surface area (Å²) in [6, 6.07) is 16.5. The number of hydrazone groups is 1. The van der Waals surface area contributed by atoms with Crippen LogP contribution in [0.4, 0.5) is 0 Å². The Balaban J connectivity index is 1.71. The van der Waals surface area contributed by atoms with E-state index < -0.39 is 5.91 Å². The smallest absolute Gasteiger partial charge is 0.258 e. The molecule has 0 saturated carbocycles. The van der Waals surface area contributed by atoms with E-state index in [0.717, 1.165) is 11.1 Å². The lowest BCUT2D eigenvalue weighted by molar-refractivity contribution is -0.129. The molecule has 170 valence electrons. The molecule has 0 aromatic heterocycles. The van der Waals surface area contributed by atoms with Crippen LogP contribution in [-0.2, 0) is 14.4 Å². The van der Waals surface area contributed by atoms with Gasteiger partial charge in [0.05, 0.1) is 12.3 Å². The molecule has 0 spiro atoms. The van der Waals surface area contributed by atoms with Gasteiger partial charge in [0.15, 0.2) is 6.61 Å². The third-order valence-electron chi connectivity index (χ3n) is 4.36.